The van der Waals surface area contributed by atoms with E-state index in [0.29, 0.717) is 5.57 Å². The smallest absolute Gasteiger partial charge is 0.333 e. The van der Waals surface area contributed by atoms with Gasteiger partial charge in [-0.1, -0.05) is 13.5 Å². The van der Waals surface area contributed by atoms with Crippen molar-refractivity contribution in [3.63, 3.8) is 0 Å². The highest BCUT2D eigenvalue weighted by Crippen LogP contribution is 2.08. The molecule has 2 atom stereocenters. The third-order valence-electron chi connectivity index (χ3n) is 1.87. The quantitative estimate of drug-likeness (QED) is 0.486. The Kier molecular flexibility index (Phi) is 5.39. The van der Waals surface area contributed by atoms with Gasteiger partial charge >= 0.3 is 5.97 Å². The van der Waals surface area contributed by atoms with Crippen molar-refractivity contribution in [1.82, 2.24) is 0 Å². The van der Waals surface area contributed by atoms with Crippen molar-refractivity contribution in [2.24, 2.45) is 0 Å². The maximum Gasteiger partial charge on any atom is 0.333 e. The molecule has 76 valence electrons. The second kappa shape index (κ2) is 5.75. The van der Waals surface area contributed by atoms with Gasteiger partial charge < -0.3 is 9.47 Å². The fraction of sp³-hybridized carbons (Fsp3) is 0.700. The van der Waals surface area contributed by atoms with Crippen molar-refractivity contribution in [2.75, 3.05) is 7.11 Å². The van der Waals surface area contributed by atoms with Gasteiger partial charge in [-0.3, -0.25) is 0 Å². The van der Waals surface area contributed by atoms with Gasteiger partial charge in [0.25, 0.3) is 0 Å². The number of carbonyl (C=O) groups is 1. The van der Waals surface area contributed by atoms with Gasteiger partial charge in [-0.2, -0.15) is 0 Å². The topological polar surface area (TPSA) is 35.5 Å². The van der Waals surface area contributed by atoms with Crippen molar-refractivity contribution < 1.29 is 14.3 Å². The maximum atomic E-state index is 11.1. The van der Waals surface area contributed by atoms with Gasteiger partial charge in [0.2, 0.25) is 0 Å². The average molecular weight is 186 g/mol. The van der Waals surface area contributed by atoms with E-state index in [2.05, 4.69) is 6.58 Å². The van der Waals surface area contributed by atoms with Crippen LogP contribution in [0.3, 0.4) is 0 Å². The van der Waals surface area contributed by atoms with E-state index in [1.165, 1.54) is 0 Å². The zero-order valence-corrected chi connectivity index (χ0v) is 8.79. The van der Waals surface area contributed by atoms with Crippen LogP contribution in [0.2, 0.25) is 0 Å². The van der Waals surface area contributed by atoms with Gasteiger partial charge in [-0.05, 0) is 20.3 Å². The van der Waals surface area contributed by atoms with E-state index in [0.717, 1.165) is 6.42 Å². The highest BCUT2D eigenvalue weighted by Gasteiger charge is 2.18. The number of esters is 1. The molecule has 3 nitrogen and oxygen atoms in total. The van der Waals surface area contributed by atoms with Gasteiger partial charge in [-0.25, -0.2) is 4.79 Å². The van der Waals surface area contributed by atoms with Crippen LogP contribution >= 0.6 is 0 Å². The first-order valence-electron chi connectivity index (χ1n) is 4.42. The third-order valence-corrected chi connectivity index (χ3v) is 1.87. The summed E-state index contributed by atoms with van der Waals surface area (Å²) in [5.41, 5.74) is 0.415. The van der Waals surface area contributed by atoms with Crippen molar-refractivity contribution >= 4 is 5.97 Å². The lowest BCUT2D eigenvalue weighted by Gasteiger charge is -2.21. The van der Waals surface area contributed by atoms with Gasteiger partial charge in [-0.15, -0.1) is 0 Å². The Bertz CT molecular complexity index is 183. The molecule has 0 N–H and O–H groups in total. The van der Waals surface area contributed by atoms with Crippen molar-refractivity contribution in [3.8, 4) is 0 Å². The fourth-order valence-electron chi connectivity index (χ4n) is 1.04. The molecule has 0 heterocycles. The largest absolute Gasteiger partial charge is 0.457 e. The molecule has 0 aliphatic rings. The van der Waals surface area contributed by atoms with E-state index in [4.69, 9.17) is 9.47 Å². The van der Waals surface area contributed by atoms with Crippen LogP contribution in [0.1, 0.15) is 27.2 Å². The molecule has 3 heteroatoms. The zero-order chi connectivity index (χ0) is 10.4. The number of rotatable bonds is 5. The van der Waals surface area contributed by atoms with Gasteiger partial charge in [0.05, 0.1) is 6.10 Å². The van der Waals surface area contributed by atoms with Crippen LogP contribution in [0.25, 0.3) is 0 Å². The summed E-state index contributed by atoms with van der Waals surface area (Å²) in [6.45, 7) is 8.93. The molecule has 0 aromatic rings. The first-order chi connectivity index (χ1) is 6.02. The first-order valence-corrected chi connectivity index (χ1v) is 4.42. The lowest BCUT2D eigenvalue weighted by atomic mass is 10.2. The Morgan fingerprint density at radius 1 is 1.54 bits per heavy atom. The van der Waals surface area contributed by atoms with E-state index < -0.39 is 0 Å². The molecule has 0 aliphatic heterocycles. The first kappa shape index (κ1) is 12.2. The normalized spacial score (nSPS) is 14.8. The Labute approximate surface area is 79.7 Å². The van der Waals surface area contributed by atoms with Gasteiger partial charge in [0, 0.05) is 12.7 Å². The molecule has 0 spiro atoms. The standard InChI is InChI=1S/C10H18O3/c1-6-9(12-5)8(4)13-10(11)7(2)3/h8-9H,2,6H2,1,3-5H3. The molecule has 0 bridgehead atoms. The van der Waals surface area contributed by atoms with Crippen LogP contribution in [0.4, 0.5) is 0 Å². The van der Waals surface area contributed by atoms with Crippen molar-refractivity contribution in [3.05, 3.63) is 12.2 Å². The molecule has 0 aromatic heterocycles. The number of carbonyl (C=O) groups excluding carboxylic acids is 1. The molecule has 0 aromatic carbocycles. The van der Waals surface area contributed by atoms with Crippen molar-refractivity contribution in [1.29, 1.82) is 0 Å². The minimum Gasteiger partial charge on any atom is -0.457 e. The molecule has 0 saturated heterocycles. The molecule has 2 unspecified atom stereocenters. The SMILES string of the molecule is C=C(C)C(=O)OC(C)C(CC)OC. The highest BCUT2D eigenvalue weighted by molar-refractivity contribution is 5.87. The molecule has 0 fully saturated rings. The lowest BCUT2D eigenvalue weighted by Crippen LogP contribution is -2.29. The highest BCUT2D eigenvalue weighted by atomic mass is 16.6. The monoisotopic (exact) mass is 186 g/mol. The van der Waals surface area contributed by atoms with E-state index >= 15 is 0 Å². The predicted octanol–water partition coefficient (Wildman–Crippen LogP) is 1.92. The number of methoxy groups -OCH3 is 1. The second-order valence-electron chi connectivity index (χ2n) is 3.07. The van der Waals surface area contributed by atoms with Gasteiger partial charge in [0.15, 0.2) is 0 Å². The van der Waals surface area contributed by atoms with Crippen LogP contribution in [0.5, 0.6) is 0 Å². The summed E-state index contributed by atoms with van der Waals surface area (Å²) in [7, 11) is 1.61. The van der Waals surface area contributed by atoms with E-state index in [-0.39, 0.29) is 18.2 Å². The van der Waals surface area contributed by atoms with Crippen molar-refractivity contribution in [2.45, 2.75) is 39.4 Å². The predicted molar refractivity (Wildman–Crippen MR) is 51.5 cm³/mol. The third kappa shape index (κ3) is 4.08. The fourth-order valence-corrected chi connectivity index (χ4v) is 1.04. The summed E-state index contributed by atoms with van der Waals surface area (Å²) in [6.07, 6.45) is 0.559. The van der Waals surface area contributed by atoms with E-state index in [9.17, 15) is 4.79 Å². The molecule has 0 saturated carbocycles. The molecule has 0 rings (SSSR count). The molecular weight excluding hydrogens is 168 g/mol. The Morgan fingerprint density at radius 2 is 2.08 bits per heavy atom. The number of hydrogen-bond donors (Lipinski definition) is 0. The van der Waals surface area contributed by atoms with Crippen LogP contribution in [-0.4, -0.2) is 25.3 Å². The molecule has 13 heavy (non-hydrogen) atoms. The van der Waals surface area contributed by atoms with Crippen LogP contribution in [0, 0.1) is 0 Å². The molecule has 0 aliphatic carbocycles. The molecule has 0 amide bonds. The summed E-state index contributed by atoms with van der Waals surface area (Å²) in [5, 5.41) is 0. The minimum atomic E-state index is -0.358. The summed E-state index contributed by atoms with van der Waals surface area (Å²) in [6, 6.07) is 0. The van der Waals surface area contributed by atoms with Crippen LogP contribution in [0.15, 0.2) is 12.2 Å². The maximum absolute atomic E-state index is 11.1. The average Bonchev–Trinajstić information content (AvgIpc) is 2.06. The minimum absolute atomic E-state index is 0.0386. The zero-order valence-electron chi connectivity index (χ0n) is 8.79. The molecule has 0 radical (unpaired) electrons. The summed E-state index contributed by atoms with van der Waals surface area (Å²) >= 11 is 0. The van der Waals surface area contributed by atoms with Crippen LogP contribution in [-0.2, 0) is 14.3 Å². The summed E-state index contributed by atoms with van der Waals surface area (Å²) in [4.78, 5) is 11.1. The lowest BCUT2D eigenvalue weighted by molar-refractivity contribution is -0.150. The molecular formula is C10H18O3. The Hall–Kier alpha value is -0.830. The van der Waals surface area contributed by atoms with E-state index in [1.807, 2.05) is 13.8 Å². The second-order valence-corrected chi connectivity index (χ2v) is 3.07. The van der Waals surface area contributed by atoms with Crippen LogP contribution < -0.4 is 0 Å². The van der Waals surface area contributed by atoms with Gasteiger partial charge in [0.1, 0.15) is 6.10 Å². The summed E-state index contributed by atoms with van der Waals surface area (Å²) < 4.78 is 10.2. The number of ether oxygens (including phenoxy) is 2. The summed E-state index contributed by atoms with van der Waals surface area (Å²) in [5.74, 6) is -0.358. The Morgan fingerprint density at radius 3 is 2.38 bits per heavy atom. The van der Waals surface area contributed by atoms with E-state index in [1.54, 1.807) is 14.0 Å². The Balaban J connectivity index is 4.04. The number of hydrogen-bond acceptors (Lipinski definition) is 3.